The van der Waals surface area contributed by atoms with Crippen molar-refractivity contribution in [1.29, 1.82) is 0 Å². The Hall–Kier alpha value is -1.02. The van der Waals surface area contributed by atoms with E-state index in [1.165, 1.54) is 31.2 Å². The van der Waals surface area contributed by atoms with E-state index in [1.54, 1.807) is 7.11 Å². The van der Waals surface area contributed by atoms with Gasteiger partial charge in [0.15, 0.2) is 0 Å². The first-order valence-corrected chi connectivity index (χ1v) is 7.19. The Morgan fingerprint density at radius 3 is 2.89 bits per heavy atom. The van der Waals surface area contributed by atoms with E-state index >= 15 is 0 Å². The number of hydrogen-bond acceptors (Lipinski definition) is 2. The summed E-state index contributed by atoms with van der Waals surface area (Å²) in [4.78, 5) is 0. The van der Waals surface area contributed by atoms with Crippen molar-refractivity contribution in [3.63, 3.8) is 0 Å². The number of benzene rings is 1. The van der Waals surface area contributed by atoms with Crippen molar-refractivity contribution in [1.82, 2.24) is 5.32 Å². The minimum Gasteiger partial charge on any atom is -0.497 e. The molecule has 1 saturated carbocycles. The van der Waals surface area contributed by atoms with Crippen molar-refractivity contribution in [3.8, 4) is 5.75 Å². The molecule has 0 heterocycles. The maximum atomic E-state index is 5.26. The molecule has 0 radical (unpaired) electrons. The fraction of sp³-hybridized carbons (Fsp3) is 0.625. The summed E-state index contributed by atoms with van der Waals surface area (Å²) in [5, 5.41) is 3.63. The number of hydrogen-bond donors (Lipinski definition) is 1. The predicted octanol–water partition coefficient (Wildman–Crippen LogP) is 3.41. The fourth-order valence-corrected chi connectivity index (χ4v) is 2.62. The Labute approximate surface area is 111 Å². The van der Waals surface area contributed by atoms with E-state index in [4.69, 9.17) is 4.74 Å². The lowest BCUT2D eigenvalue weighted by Crippen LogP contribution is -2.30. The Morgan fingerprint density at radius 2 is 2.22 bits per heavy atom. The second-order valence-electron chi connectivity index (χ2n) is 5.25. The summed E-state index contributed by atoms with van der Waals surface area (Å²) in [6, 6.07) is 9.19. The first-order valence-electron chi connectivity index (χ1n) is 7.19. The zero-order valence-electron chi connectivity index (χ0n) is 11.6. The monoisotopic (exact) mass is 247 g/mol. The number of methoxy groups -OCH3 is 1. The van der Waals surface area contributed by atoms with Crippen LogP contribution >= 0.6 is 0 Å². The molecule has 1 aliphatic carbocycles. The molecule has 0 aliphatic heterocycles. The number of nitrogens with one attached hydrogen (secondary N) is 1. The molecule has 1 aromatic rings. The van der Waals surface area contributed by atoms with Crippen molar-refractivity contribution in [2.45, 2.75) is 45.1 Å². The molecule has 1 fully saturated rings. The average Bonchev–Trinajstić information content (AvgIpc) is 3.22. The third-order valence-electron chi connectivity index (χ3n) is 3.77. The van der Waals surface area contributed by atoms with Crippen molar-refractivity contribution >= 4 is 0 Å². The van der Waals surface area contributed by atoms with Gasteiger partial charge in [-0.25, -0.2) is 0 Å². The smallest absolute Gasteiger partial charge is 0.119 e. The maximum Gasteiger partial charge on any atom is 0.119 e. The van der Waals surface area contributed by atoms with E-state index < -0.39 is 0 Å². The fourth-order valence-electron chi connectivity index (χ4n) is 2.62. The molecular formula is C16H25NO. The Balaban J connectivity index is 1.76. The summed E-state index contributed by atoms with van der Waals surface area (Å²) >= 11 is 0. The van der Waals surface area contributed by atoms with E-state index in [0.717, 1.165) is 30.7 Å². The molecule has 1 N–H and O–H groups in total. The van der Waals surface area contributed by atoms with Crippen LogP contribution in [0.3, 0.4) is 0 Å². The lowest BCUT2D eigenvalue weighted by molar-refractivity contribution is 0.413. The molecule has 2 nitrogen and oxygen atoms in total. The molecule has 2 rings (SSSR count). The summed E-state index contributed by atoms with van der Waals surface area (Å²) in [7, 11) is 1.73. The molecule has 2 heteroatoms. The van der Waals surface area contributed by atoms with E-state index in [-0.39, 0.29) is 0 Å². The van der Waals surface area contributed by atoms with Crippen LogP contribution in [-0.4, -0.2) is 19.7 Å². The first kappa shape index (κ1) is 13.4. The number of rotatable bonds is 8. The van der Waals surface area contributed by atoms with Gasteiger partial charge in [0.1, 0.15) is 5.75 Å². The highest BCUT2D eigenvalue weighted by atomic mass is 16.5. The molecule has 0 spiro atoms. The lowest BCUT2D eigenvalue weighted by Gasteiger charge is -2.17. The summed E-state index contributed by atoms with van der Waals surface area (Å²) in [5.74, 6) is 1.92. The molecule has 100 valence electrons. The van der Waals surface area contributed by atoms with Crippen molar-refractivity contribution < 1.29 is 4.74 Å². The van der Waals surface area contributed by atoms with Gasteiger partial charge in [0.25, 0.3) is 0 Å². The Morgan fingerprint density at radius 1 is 1.39 bits per heavy atom. The largest absolute Gasteiger partial charge is 0.497 e. The van der Waals surface area contributed by atoms with Crippen molar-refractivity contribution in [2.75, 3.05) is 13.7 Å². The second kappa shape index (κ2) is 6.79. The van der Waals surface area contributed by atoms with Gasteiger partial charge < -0.3 is 10.1 Å². The Kier molecular flexibility index (Phi) is 5.06. The minimum absolute atomic E-state index is 0.751. The van der Waals surface area contributed by atoms with Crippen LogP contribution in [0, 0.1) is 5.92 Å². The van der Waals surface area contributed by atoms with Gasteiger partial charge in [0.2, 0.25) is 0 Å². The van der Waals surface area contributed by atoms with Gasteiger partial charge in [-0.15, -0.1) is 0 Å². The molecule has 1 aliphatic rings. The third kappa shape index (κ3) is 4.02. The normalized spacial score (nSPS) is 16.6. The van der Waals surface area contributed by atoms with Crippen molar-refractivity contribution in [3.05, 3.63) is 29.8 Å². The standard InChI is InChI=1S/C16H25NO/c1-3-17-16(14-10-11-14)9-5-7-13-6-4-8-15(12-13)18-2/h4,6,8,12,14,16-17H,3,5,7,9-11H2,1-2H3. The summed E-state index contributed by atoms with van der Waals surface area (Å²) in [6.07, 6.45) is 6.58. The van der Waals surface area contributed by atoms with Crippen LogP contribution in [0.2, 0.25) is 0 Å². The Bertz CT molecular complexity index is 360. The van der Waals surface area contributed by atoms with Crippen LogP contribution in [0.5, 0.6) is 5.75 Å². The van der Waals surface area contributed by atoms with Crippen LogP contribution < -0.4 is 10.1 Å². The SMILES string of the molecule is CCNC(CCCc1cccc(OC)c1)C1CC1. The molecule has 1 aromatic carbocycles. The molecule has 0 aromatic heterocycles. The molecule has 1 atom stereocenters. The number of ether oxygens (including phenoxy) is 1. The molecular weight excluding hydrogens is 222 g/mol. The van der Waals surface area contributed by atoms with Gasteiger partial charge in [-0.2, -0.15) is 0 Å². The summed E-state index contributed by atoms with van der Waals surface area (Å²) in [5.41, 5.74) is 1.39. The zero-order valence-corrected chi connectivity index (χ0v) is 11.6. The third-order valence-corrected chi connectivity index (χ3v) is 3.77. The van der Waals surface area contributed by atoms with E-state index in [1.807, 2.05) is 6.07 Å². The molecule has 0 amide bonds. The van der Waals surface area contributed by atoms with Crippen LogP contribution in [0.4, 0.5) is 0 Å². The molecule has 0 bridgehead atoms. The predicted molar refractivity (Wildman–Crippen MR) is 76.1 cm³/mol. The van der Waals surface area contributed by atoms with Crippen LogP contribution in [0.25, 0.3) is 0 Å². The van der Waals surface area contributed by atoms with Gasteiger partial charge in [0, 0.05) is 6.04 Å². The molecule has 18 heavy (non-hydrogen) atoms. The highest BCUT2D eigenvalue weighted by Crippen LogP contribution is 2.34. The van der Waals surface area contributed by atoms with Gasteiger partial charge in [-0.05, 0) is 62.3 Å². The van der Waals surface area contributed by atoms with Gasteiger partial charge >= 0.3 is 0 Å². The van der Waals surface area contributed by atoms with Crippen LogP contribution in [-0.2, 0) is 6.42 Å². The first-order chi connectivity index (χ1) is 8.83. The van der Waals surface area contributed by atoms with Gasteiger partial charge in [0.05, 0.1) is 7.11 Å². The molecule has 0 saturated heterocycles. The summed E-state index contributed by atoms with van der Waals surface area (Å²) in [6.45, 7) is 3.30. The van der Waals surface area contributed by atoms with E-state index in [9.17, 15) is 0 Å². The second-order valence-corrected chi connectivity index (χ2v) is 5.25. The molecule has 1 unspecified atom stereocenters. The van der Waals surface area contributed by atoms with Crippen LogP contribution in [0.1, 0.15) is 38.2 Å². The van der Waals surface area contributed by atoms with E-state index in [2.05, 4.69) is 30.4 Å². The van der Waals surface area contributed by atoms with Crippen LogP contribution in [0.15, 0.2) is 24.3 Å². The highest BCUT2D eigenvalue weighted by molar-refractivity contribution is 5.28. The average molecular weight is 247 g/mol. The minimum atomic E-state index is 0.751. The van der Waals surface area contributed by atoms with Gasteiger partial charge in [-0.1, -0.05) is 19.1 Å². The number of aryl methyl sites for hydroxylation is 1. The maximum absolute atomic E-state index is 5.26. The zero-order chi connectivity index (χ0) is 12.8. The summed E-state index contributed by atoms with van der Waals surface area (Å²) < 4.78 is 5.26. The quantitative estimate of drug-likeness (QED) is 0.760. The van der Waals surface area contributed by atoms with Crippen molar-refractivity contribution in [2.24, 2.45) is 5.92 Å². The van der Waals surface area contributed by atoms with Gasteiger partial charge in [-0.3, -0.25) is 0 Å². The van der Waals surface area contributed by atoms with E-state index in [0.29, 0.717) is 0 Å². The topological polar surface area (TPSA) is 21.3 Å². The lowest BCUT2D eigenvalue weighted by atomic mass is 10.0. The highest BCUT2D eigenvalue weighted by Gasteiger charge is 2.29.